The van der Waals surface area contributed by atoms with Gasteiger partial charge in [-0.1, -0.05) is 60.1 Å². The Morgan fingerprint density at radius 3 is 2.45 bits per heavy atom. The minimum Gasteiger partial charge on any atom is -0.290 e. The lowest BCUT2D eigenvalue weighted by molar-refractivity contribution is 1.50. The van der Waals surface area contributed by atoms with Crippen molar-refractivity contribution >= 4 is 35.0 Å². The van der Waals surface area contributed by atoms with Crippen molar-refractivity contribution in [2.24, 2.45) is 4.99 Å². The van der Waals surface area contributed by atoms with E-state index in [9.17, 15) is 0 Å². The second-order valence-corrected chi connectivity index (χ2v) is 5.97. The molecule has 0 unspecified atom stereocenters. The molecule has 3 aromatic rings. The van der Waals surface area contributed by atoms with Crippen LogP contribution in [0.4, 0.5) is 0 Å². The molecule has 0 aliphatic rings. The van der Waals surface area contributed by atoms with Gasteiger partial charge in [0.05, 0.1) is 15.6 Å². The molecule has 4 heteroatoms. The van der Waals surface area contributed by atoms with Crippen molar-refractivity contribution in [3.05, 3.63) is 81.5 Å². The average molecular weight is 325 g/mol. The van der Waals surface area contributed by atoms with Gasteiger partial charge >= 0.3 is 0 Å². The second kappa shape index (κ2) is 6.69. The third-order valence-electron chi connectivity index (χ3n) is 3.27. The highest BCUT2D eigenvalue weighted by Gasteiger charge is 2.13. The van der Waals surface area contributed by atoms with Crippen LogP contribution in [0.25, 0.3) is 11.1 Å². The lowest BCUT2D eigenvalue weighted by atomic mass is 10.0. The normalized spacial score (nSPS) is 11.4. The van der Waals surface area contributed by atoms with Crippen LogP contribution in [0, 0.1) is 5.41 Å². The molecule has 0 fully saturated rings. The van der Waals surface area contributed by atoms with Crippen LogP contribution in [0.1, 0.15) is 10.4 Å². The molecular weight excluding hydrogens is 312 g/mol. The molecule has 0 saturated heterocycles. The van der Waals surface area contributed by atoms with Crippen LogP contribution in [-0.2, 0) is 0 Å². The van der Waals surface area contributed by atoms with Gasteiger partial charge in [-0.25, -0.2) is 4.99 Å². The highest BCUT2D eigenvalue weighted by Crippen LogP contribution is 2.27. The average Bonchev–Trinajstić information content (AvgIpc) is 2.99. The molecule has 2 aromatic carbocycles. The molecule has 0 spiro atoms. The maximum Gasteiger partial charge on any atom is 0.107 e. The van der Waals surface area contributed by atoms with Crippen LogP contribution in [0.5, 0.6) is 0 Å². The minimum absolute atomic E-state index is 0.663. The number of nitrogens with one attached hydrogen (secondary N) is 1. The summed E-state index contributed by atoms with van der Waals surface area (Å²) < 4.78 is 0. The molecule has 3 rings (SSSR count). The Bertz CT molecular complexity index is 822. The van der Waals surface area contributed by atoms with Crippen LogP contribution in [-0.4, -0.2) is 12.1 Å². The van der Waals surface area contributed by atoms with Gasteiger partial charge in [-0.2, -0.15) is 0 Å². The van der Waals surface area contributed by atoms with Crippen LogP contribution < -0.4 is 0 Å². The lowest BCUT2D eigenvalue weighted by Crippen LogP contribution is -2.02. The van der Waals surface area contributed by atoms with E-state index >= 15 is 0 Å². The molecule has 0 amide bonds. The Balaban J connectivity index is 2.09. The summed E-state index contributed by atoms with van der Waals surface area (Å²) in [5.41, 5.74) is 3.95. The molecule has 0 aliphatic carbocycles. The van der Waals surface area contributed by atoms with Crippen molar-refractivity contribution in [3.63, 3.8) is 0 Å². The van der Waals surface area contributed by atoms with Gasteiger partial charge in [0.25, 0.3) is 0 Å². The predicted molar refractivity (Wildman–Crippen MR) is 95.6 cm³/mol. The van der Waals surface area contributed by atoms with Crippen molar-refractivity contribution in [2.45, 2.75) is 0 Å². The maximum absolute atomic E-state index is 7.32. The van der Waals surface area contributed by atoms with Crippen molar-refractivity contribution < 1.29 is 0 Å². The Labute approximate surface area is 138 Å². The first-order valence-electron chi connectivity index (χ1n) is 6.75. The summed E-state index contributed by atoms with van der Waals surface area (Å²) in [5, 5.41) is 9.91. The van der Waals surface area contributed by atoms with Crippen LogP contribution in [0.2, 0.25) is 5.02 Å². The van der Waals surface area contributed by atoms with E-state index in [1.165, 1.54) is 11.3 Å². The van der Waals surface area contributed by atoms with E-state index in [1.807, 2.05) is 41.8 Å². The van der Waals surface area contributed by atoms with E-state index in [-0.39, 0.29) is 0 Å². The van der Waals surface area contributed by atoms with Gasteiger partial charge < -0.3 is 0 Å². The van der Waals surface area contributed by atoms with Crippen LogP contribution in [0.3, 0.4) is 0 Å². The number of hydrogen-bond donors (Lipinski definition) is 1. The quantitative estimate of drug-likeness (QED) is 0.485. The topological polar surface area (TPSA) is 36.2 Å². The molecule has 1 aromatic heterocycles. The number of rotatable bonds is 4. The molecule has 0 aliphatic heterocycles. The summed E-state index contributed by atoms with van der Waals surface area (Å²) in [4.78, 5) is 5.10. The van der Waals surface area contributed by atoms with Gasteiger partial charge in [-0.3, -0.25) is 5.41 Å². The summed E-state index contributed by atoms with van der Waals surface area (Å²) in [5.74, 6) is 0. The molecule has 0 saturated carbocycles. The number of thiophene rings is 1. The first-order chi connectivity index (χ1) is 10.8. The number of aliphatic imine (C=N–C) groups is 1. The van der Waals surface area contributed by atoms with Gasteiger partial charge in [0.1, 0.15) is 6.34 Å². The Morgan fingerprint density at radius 1 is 1.00 bits per heavy atom. The van der Waals surface area contributed by atoms with E-state index in [4.69, 9.17) is 17.0 Å². The third-order valence-corrected chi connectivity index (χ3v) is 4.62. The van der Waals surface area contributed by atoms with Crippen molar-refractivity contribution in [3.8, 4) is 11.1 Å². The molecular formula is C18H13ClN2S. The molecule has 0 bridgehead atoms. The van der Waals surface area contributed by atoms with Crippen LogP contribution >= 0.6 is 22.9 Å². The highest BCUT2D eigenvalue weighted by molar-refractivity contribution is 7.13. The minimum atomic E-state index is 0.663. The van der Waals surface area contributed by atoms with Crippen molar-refractivity contribution in [1.82, 2.24) is 0 Å². The molecule has 0 atom stereocenters. The fraction of sp³-hybridized carbons (Fsp3) is 0. The molecule has 2 nitrogen and oxygen atoms in total. The van der Waals surface area contributed by atoms with E-state index in [0.717, 1.165) is 33.6 Å². The zero-order valence-electron chi connectivity index (χ0n) is 11.7. The summed E-state index contributed by atoms with van der Waals surface area (Å²) in [6, 6.07) is 20.2. The monoisotopic (exact) mass is 324 g/mol. The van der Waals surface area contributed by atoms with Gasteiger partial charge in [0, 0.05) is 5.56 Å². The predicted octanol–water partition coefficient (Wildman–Crippen LogP) is 5.51. The smallest absolute Gasteiger partial charge is 0.107 e. The molecule has 0 radical (unpaired) electrons. The van der Waals surface area contributed by atoms with E-state index < -0.39 is 0 Å². The number of benzene rings is 2. The Hall–Kier alpha value is -2.23. The van der Waals surface area contributed by atoms with Gasteiger partial charge in [-0.05, 0) is 28.6 Å². The number of nitrogens with zero attached hydrogens (tertiary/aromatic N) is 1. The summed E-state index contributed by atoms with van der Waals surface area (Å²) in [7, 11) is 0. The Morgan fingerprint density at radius 2 is 1.77 bits per heavy atom. The van der Waals surface area contributed by atoms with Gasteiger partial charge in [0.2, 0.25) is 0 Å². The Kier molecular flexibility index (Phi) is 4.47. The molecule has 1 heterocycles. The van der Waals surface area contributed by atoms with Crippen molar-refractivity contribution in [2.75, 3.05) is 0 Å². The zero-order chi connectivity index (χ0) is 15.4. The first kappa shape index (κ1) is 14.7. The van der Waals surface area contributed by atoms with E-state index in [1.54, 1.807) is 0 Å². The zero-order valence-corrected chi connectivity index (χ0v) is 13.2. The highest BCUT2D eigenvalue weighted by atomic mass is 35.5. The summed E-state index contributed by atoms with van der Waals surface area (Å²) >= 11 is 7.76. The molecule has 1 N–H and O–H groups in total. The molecule has 108 valence electrons. The summed E-state index contributed by atoms with van der Waals surface area (Å²) in [6.07, 6.45) is 1.06. The third kappa shape index (κ3) is 3.01. The van der Waals surface area contributed by atoms with Crippen molar-refractivity contribution in [1.29, 1.82) is 5.41 Å². The standard InChI is InChI=1S/C18H13ClN2S/c19-16-9-10-22-18(16)17(21-12-20)15-8-4-7-14(11-15)13-5-2-1-3-6-13/h1-12,20H. The van der Waals surface area contributed by atoms with Crippen LogP contribution in [0.15, 0.2) is 71.0 Å². The largest absolute Gasteiger partial charge is 0.290 e. The van der Waals surface area contributed by atoms with Gasteiger partial charge in [0.15, 0.2) is 0 Å². The van der Waals surface area contributed by atoms with E-state index in [0.29, 0.717) is 5.02 Å². The molecule has 22 heavy (non-hydrogen) atoms. The fourth-order valence-corrected chi connectivity index (χ4v) is 3.43. The second-order valence-electron chi connectivity index (χ2n) is 4.65. The van der Waals surface area contributed by atoms with Gasteiger partial charge in [-0.15, -0.1) is 11.3 Å². The first-order valence-corrected chi connectivity index (χ1v) is 8.01. The lowest BCUT2D eigenvalue weighted by Gasteiger charge is -2.08. The summed E-state index contributed by atoms with van der Waals surface area (Å²) in [6.45, 7) is 0. The number of hydrogen-bond acceptors (Lipinski definition) is 2. The number of halogens is 1. The maximum atomic E-state index is 7.32. The van der Waals surface area contributed by atoms with E-state index in [2.05, 4.69) is 29.3 Å². The fourth-order valence-electron chi connectivity index (χ4n) is 2.27. The SMILES string of the molecule is N=CN=C(c1cccc(-c2ccccc2)c1)c1sccc1Cl.